The Bertz CT molecular complexity index is 1130. The number of anilines is 2. The summed E-state index contributed by atoms with van der Waals surface area (Å²) in [5, 5.41) is 25.5. The number of carbonyl (C=O) groups excluding carboxylic acids is 1. The number of ether oxygens (including phenoxy) is 1. The fraction of sp³-hybridized carbons (Fsp3) is 0.318. The molecule has 0 spiro atoms. The van der Waals surface area contributed by atoms with Crippen LogP contribution in [0.5, 0.6) is 5.75 Å². The zero-order valence-electron chi connectivity index (χ0n) is 19.2. The molecule has 0 unspecified atom stereocenters. The lowest BCUT2D eigenvalue weighted by Crippen LogP contribution is -2.38. The monoisotopic (exact) mass is 452 g/mol. The molecular formula is C22H28N8O3. The van der Waals surface area contributed by atoms with Crippen LogP contribution < -0.4 is 20.8 Å². The van der Waals surface area contributed by atoms with Crippen molar-refractivity contribution in [1.29, 1.82) is 0 Å². The van der Waals surface area contributed by atoms with Crippen LogP contribution in [-0.4, -0.2) is 43.9 Å². The van der Waals surface area contributed by atoms with Gasteiger partial charge in [-0.25, -0.2) is 14.9 Å². The number of hydrazine groups is 1. The van der Waals surface area contributed by atoms with Crippen LogP contribution in [0, 0.1) is 0 Å². The van der Waals surface area contributed by atoms with Crippen molar-refractivity contribution in [2.75, 3.05) is 10.6 Å². The van der Waals surface area contributed by atoms with Gasteiger partial charge in [-0.1, -0.05) is 20.8 Å². The molecule has 0 radical (unpaired) electrons. The van der Waals surface area contributed by atoms with Gasteiger partial charge in [0.15, 0.2) is 11.5 Å². The maximum atomic E-state index is 12.3. The number of fused-ring (bicyclic) bond motifs is 1. The summed E-state index contributed by atoms with van der Waals surface area (Å²) in [6, 6.07) is 8.38. The van der Waals surface area contributed by atoms with Crippen molar-refractivity contribution in [3.05, 3.63) is 59.5 Å². The third kappa shape index (κ3) is 4.77. The third-order valence-electron chi connectivity index (χ3n) is 5.02. The molecule has 3 heterocycles. The van der Waals surface area contributed by atoms with Crippen LogP contribution in [-0.2, 0) is 5.41 Å². The van der Waals surface area contributed by atoms with Crippen LogP contribution in [0.1, 0.15) is 40.3 Å². The number of amides is 2. The van der Waals surface area contributed by atoms with Gasteiger partial charge in [-0.3, -0.25) is 26.1 Å². The average Bonchev–Trinajstić information content (AvgIpc) is 3.35. The summed E-state index contributed by atoms with van der Waals surface area (Å²) in [5.74, 6) is 1.34. The van der Waals surface area contributed by atoms with E-state index in [1.165, 1.54) is 6.34 Å². The Morgan fingerprint density at radius 2 is 1.91 bits per heavy atom. The molecule has 0 bridgehead atoms. The fourth-order valence-electron chi connectivity index (χ4n) is 3.27. The molecule has 5 N–H and O–H groups in total. The van der Waals surface area contributed by atoms with E-state index in [9.17, 15) is 10.0 Å². The van der Waals surface area contributed by atoms with Crippen LogP contribution in [0.4, 0.5) is 16.3 Å². The predicted molar refractivity (Wildman–Crippen MR) is 124 cm³/mol. The number of nitrogens with one attached hydrogen (secondary N) is 4. The minimum Gasteiger partial charge on any atom is -0.437 e. The van der Waals surface area contributed by atoms with E-state index in [1.54, 1.807) is 30.5 Å². The molecule has 1 aromatic heterocycles. The normalized spacial score (nSPS) is 15.4. The number of hydrogen-bond acceptors (Lipinski definition) is 8. The first kappa shape index (κ1) is 22.2. The Morgan fingerprint density at radius 3 is 2.55 bits per heavy atom. The highest BCUT2D eigenvalue weighted by Gasteiger charge is 2.34. The first-order valence-corrected chi connectivity index (χ1v) is 10.6. The maximum Gasteiger partial charge on any atom is 0.324 e. The zero-order valence-corrected chi connectivity index (χ0v) is 19.2. The molecule has 2 amide bonds. The van der Waals surface area contributed by atoms with Gasteiger partial charge in [-0.15, -0.1) is 0 Å². The number of urea groups is 1. The van der Waals surface area contributed by atoms with Crippen molar-refractivity contribution < 1.29 is 14.7 Å². The van der Waals surface area contributed by atoms with E-state index >= 15 is 0 Å². The molecule has 0 fully saturated rings. The van der Waals surface area contributed by atoms with Crippen molar-refractivity contribution in [1.82, 2.24) is 25.7 Å². The Kier molecular flexibility index (Phi) is 5.73. The molecule has 0 saturated carbocycles. The second kappa shape index (κ2) is 8.51. The number of H-pyrrole nitrogens is 1. The van der Waals surface area contributed by atoms with Crippen LogP contribution in [0.15, 0.2) is 58.8 Å². The lowest BCUT2D eigenvalue weighted by atomic mass is 9.92. The minimum atomic E-state index is -0.405. The Balaban J connectivity index is 1.40. The van der Waals surface area contributed by atoms with Crippen LogP contribution in [0.3, 0.4) is 0 Å². The van der Waals surface area contributed by atoms with Crippen molar-refractivity contribution in [3.8, 4) is 5.75 Å². The van der Waals surface area contributed by atoms with E-state index in [1.807, 2.05) is 24.9 Å². The molecule has 2 aliphatic heterocycles. The van der Waals surface area contributed by atoms with E-state index in [0.29, 0.717) is 34.5 Å². The molecule has 11 nitrogen and oxygen atoms in total. The van der Waals surface area contributed by atoms with Gasteiger partial charge in [0.05, 0.1) is 6.20 Å². The average molecular weight is 453 g/mol. The van der Waals surface area contributed by atoms with Gasteiger partial charge >= 0.3 is 6.03 Å². The largest absolute Gasteiger partial charge is 0.437 e. The number of nitrogens with zero attached hydrogens (tertiary/aromatic N) is 4. The summed E-state index contributed by atoms with van der Waals surface area (Å²) < 4.78 is 5.97. The summed E-state index contributed by atoms with van der Waals surface area (Å²) in [5.41, 5.74) is 5.73. The predicted octanol–water partition coefficient (Wildman–Crippen LogP) is 3.70. The van der Waals surface area contributed by atoms with E-state index in [4.69, 9.17) is 4.74 Å². The van der Waals surface area contributed by atoms with Gasteiger partial charge < -0.3 is 10.1 Å². The second-order valence-electron chi connectivity index (χ2n) is 9.00. The quantitative estimate of drug-likeness (QED) is 0.468. The Labute approximate surface area is 191 Å². The Morgan fingerprint density at radius 1 is 1.18 bits per heavy atom. The molecule has 174 valence electrons. The standard InChI is InChI=1S/C22H28N8O3/c1-13(2)30-16-11-23-12-29(32)19(16)20(28-30)33-15-8-6-14(7-9-15)24-21(31)25-18-10-17(26-27-18)22(3,4)5/h6-13,28,32H,1-5H3,(H3,24,25,26,27,31). The molecule has 11 heteroatoms. The van der Waals surface area contributed by atoms with Gasteiger partial charge in [-0.05, 0) is 38.1 Å². The number of hydrogen-bond donors (Lipinski definition) is 5. The summed E-state index contributed by atoms with van der Waals surface area (Å²) in [6.45, 7) is 10.2. The Hall–Kier alpha value is -3.99. The topological polar surface area (TPSA) is 130 Å². The second-order valence-corrected chi connectivity index (χ2v) is 9.00. The van der Waals surface area contributed by atoms with Crippen molar-refractivity contribution in [2.45, 2.75) is 46.1 Å². The van der Waals surface area contributed by atoms with Crippen molar-refractivity contribution in [2.24, 2.45) is 4.99 Å². The number of carbonyl (C=O) groups is 1. The first-order chi connectivity index (χ1) is 15.6. The molecule has 0 aliphatic carbocycles. The highest BCUT2D eigenvalue weighted by molar-refractivity contribution is 5.99. The highest BCUT2D eigenvalue weighted by atomic mass is 16.5. The zero-order chi connectivity index (χ0) is 23.8. The number of rotatable bonds is 5. The molecule has 4 rings (SSSR count). The summed E-state index contributed by atoms with van der Waals surface area (Å²) in [4.78, 5) is 16.3. The smallest absolute Gasteiger partial charge is 0.324 e. The maximum absolute atomic E-state index is 12.3. The van der Waals surface area contributed by atoms with Crippen LogP contribution in [0.25, 0.3) is 0 Å². The molecule has 33 heavy (non-hydrogen) atoms. The van der Waals surface area contributed by atoms with Crippen molar-refractivity contribution >= 4 is 23.9 Å². The van der Waals surface area contributed by atoms with Gasteiger partial charge in [-0.2, -0.15) is 5.10 Å². The van der Waals surface area contributed by atoms with Gasteiger partial charge in [0.1, 0.15) is 17.8 Å². The van der Waals surface area contributed by atoms with Crippen LogP contribution in [0.2, 0.25) is 0 Å². The van der Waals surface area contributed by atoms with E-state index < -0.39 is 6.03 Å². The lowest BCUT2D eigenvalue weighted by molar-refractivity contribution is 0.0257. The molecular weight excluding hydrogens is 424 g/mol. The number of benzene rings is 1. The SMILES string of the molecule is CC(C)N1NC(Oc2ccc(NC(=O)Nc3cc(C(C)(C)C)[nH]n3)cc2)=C2C1=CN=CN2O. The molecule has 2 aromatic rings. The number of hydroxylamine groups is 2. The number of aromatic nitrogens is 2. The van der Waals surface area contributed by atoms with Gasteiger partial charge in [0.25, 0.3) is 0 Å². The van der Waals surface area contributed by atoms with E-state index in [-0.39, 0.29) is 11.5 Å². The molecule has 2 aliphatic rings. The number of aliphatic imine (C=N–C) groups is 1. The van der Waals surface area contributed by atoms with Crippen LogP contribution >= 0.6 is 0 Å². The highest BCUT2D eigenvalue weighted by Crippen LogP contribution is 2.31. The van der Waals surface area contributed by atoms with E-state index in [2.05, 4.69) is 52.0 Å². The lowest BCUT2D eigenvalue weighted by Gasteiger charge is -2.26. The minimum absolute atomic E-state index is 0.0933. The molecule has 1 aromatic carbocycles. The number of aromatic amines is 1. The molecule has 0 saturated heterocycles. The van der Waals surface area contributed by atoms with Crippen molar-refractivity contribution in [3.63, 3.8) is 0 Å². The van der Waals surface area contributed by atoms with E-state index in [0.717, 1.165) is 10.8 Å². The third-order valence-corrected chi connectivity index (χ3v) is 5.02. The fourth-order valence-corrected chi connectivity index (χ4v) is 3.27. The van der Waals surface area contributed by atoms with Gasteiger partial charge in [0, 0.05) is 28.9 Å². The summed E-state index contributed by atoms with van der Waals surface area (Å²) >= 11 is 0. The molecule has 0 atom stereocenters. The summed E-state index contributed by atoms with van der Waals surface area (Å²) in [6.07, 6.45) is 2.95. The first-order valence-electron chi connectivity index (χ1n) is 10.6. The van der Waals surface area contributed by atoms with Gasteiger partial charge in [0.2, 0.25) is 5.88 Å². The summed E-state index contributed by atoms with van der Waals surface area (Å²) in [7, 11) is 0.